The molecule has 38 heavy (non-hydrogen) atoms. The number of carbonyl (C=O) groups excluding carboxylic acids is 2. The van der Waals surface area contributed by atoms with Crippen molar-refractivity contribution in [2.45, 2.75) is 44.8 Å². The number of hydrogen-bond acceptors (Lipinski definition) is 3. The summed E-state index contributed by atoms with van der Waals surface area (Å²) in [6.07, 6.45) is -3.31. The maximum atomic E-state index is 14.3. The van der Waals surface area contributed by atoms with Crippen LogP contribution in [0.1, 0.15) is 54.1 Å². The Morgan fingerprint density at radius 1 is 1.03 bits per heavy atom. The number of rotatable bonds is 5. The van der Waals surface area contributed by atoms with Crippen LogP contribution >= 0.6 is 0 Å². The Morgan fingerprint density at radius 2 is 1.66 bits per heavy atom. The minimum absolute atomic E-state index is 0.0822. The second-order valence-corrected chi connectivity index (χ2v) is 10.9. The molecule has 2 amide bonds. The molecule has 0 aliphatic carbocycles. The highest BCUT2D eigenvalue weighted by atomic mass is 19.4. The first kappa shape index (κ1) is 28.0. The number of amides is 2. The van der Waals surface area contributed by atoms with Crippen LogP contribution in [0.15, 0.2) is 42.5 Å². The minimum Gasteiger partial charge on any atom is -0.341 e. The third kappa shape index (κ3) is 5.70. The number of alkyl halides is 3. The fourth-order valence-electron chi connectivity index (χ4n) is 5.86. The zero-order valence-corrected chi connectivity index (χ0v) is 21.6. The van der Waals surface area contributed by atoms with Gasteiger partial charge in [-0.05, 0) is 67.1 Å². The third-order valence-electron chi connectivity index (χ3n) is 7.92. The summed E-state index contributed by atoms with van der Waals surface area (Å²) < 4.78 is 67.1. The molecule has 2 atom stereocenters. The van der Waals surface area contributed by atoms with E-state index in [0.29, 0.717) is 44.1 Å². The molecule has 2 fully saturated rings. The van der Waals surface area contributed by atoms with Gasteiger partial charge < -0.3 is 15.1 Å². The Kier molecular flexibility index (Phi) is 7.84. The van der Waals surface area contributed by atoms with E-state index in [1.54, 1.807) is 18.7 Å². The molecule has 0 saturated carbocycles. The summed E-state index contributed by atoms with van der Waals surface area (Å²) in [5.41, 5.74) is -0.922. The zero-order valence-electron chi connectivity index (χ0n) is 21.6. The van der Waals surface area contributed by atoms with E-state index in [1.165, 1.54) is 12.1 Å². The molecule has 1 N–H and O–H groups in total. The molecule has 0 bridgehead atoms. The lowest BCUT2D eigenvalue weighted by Crippen LogP contribution is -2.54. The average Bonchev–Trinajstić information content (AvgIpc) is 3.17. The van der Waals surface area contributed by atoms with Gasteiger partial charge in [0, 0.05) is 32.1 Å². The van der Waals surface area contributed by atoms with Crippen molar-refractivity contribution in [1.82, 2.24) is 15.1 Å². The van der Waals surface area contributed by atoms with Crippen molar-refractivity contribution < 1.29 is 31.5 Å². The molecule has 0 radical (unpaired) electrons. The Labute approximate surface area is 219 Å². The Bertz CT molecular complexity index is 1170. The van der Waals surface area contributed by atoms with Crippen molar-refractivity contribution in [3.63, 3.8) is 0 Å². The van der Waals surface area contributed by atoms with Gasteiger partial charge in [-0.3, -0.25) is 9.59 Å². The first-order chi connectivity index (χ1) is 17.8. The second-order valence-electron chi connectivity index (χ2n) is 10.9. The van der Waals surface area contributed by atoms with E-state index in [-0.39, 0.29) is 29.0 Å². The molecular weight excluding hydrogens is 505 g/mol. The smallest absolute Gasteiger partial charge is 0.341 e. The number of nitrogens with zero attached hydrogens (tertiary/aromatic N) is 2. The summed E-state index contributed by atoms with van der Waals surface area (Å²) in [6, 6.07) is 7.16. The molecule has 0 unspecified atom stereocenters. The predicted molar refractivity (Wildman–Crippen MR) is 132 cm³/mol. The number of hydrogen-bond donors (Lipinski definition) is 1. The van der Waals surface area contributed by atoms with Gasteiger partial charge in [0.05, 0.1) is 11.1 Å². The first-order valence-corrected chi connectivity index (χ1v) is 12.7. The Balaban J connectivity index is 1.47. The van der Waals surface area contributed by atoms with Crippen LogP contribution in [-0.4, -0.2) is 60.9 Å². The Morgan fingerprint density at radius 3 is 2.24 bits per heavy atom. The molecule has 206 valence electrons. The van der Waals surface area contributed by atoms with Gasteiger partial charge in [-0.15, -0.1) is 0 Å². The lowest BCUT2D eigenvalue weighted by Gasteiger charge is -2.44. The van der Waals surface area contributed by atoms with Crippen molar-refractivity contribution in [2.24, 2.45) is 11.3 Å². The standard InChI is InChI=1S/C28H32F5N3O2/c1-17(2)24(34-25(37)21-14-19(28(31,32)33)6-9-23(21)30)26(38)36-12-10-27(11-13-36)16-35(3)15-22(27)18-4-7-20(29)8-5-18/h4-9,14,17,22,24H,10-13,15-16H2,1-3H3,(H,34,37)/t22-,24-/m1/s1. The van der Waals surface area contributed by atoms with Crippen LogP contribution in [0.4, 0.5) is 22.0 Å². The molecule has 2 aromatic carbocycles. The SMILES string of the molecule is CC(C)[C@@H](NC(=O)c1cc(C(F)(F)F)ccc1F)C(=O)N1CCC2(CC1)CN(C)C[C@@H]2c1ccc(F)cc1. The number of likely N-dealkylation sites (N-methyl/N-ethyl adjacent to an activating group) is 1. The zero-order chi connectivity index (χ0) is 27.8. The topological polar surface area (TPSA) is 52.7 Å². The van der Waals surface area contributed by atoms with Crippen LogP contribution in [0.25, 0.3) is 0 Å². The van der Waals surface area contributed by atoms with E-state index in [4.69, 9.17) is 0 Å². The molecule has 2 aromatic rings. The molecule has 4 rings (SSSR count). The van der Waals surface area contributed by atoms with E-state index < -0.39 is 35.1 Å². The van der Waals surface area contributed by atoms with Crippen LogP contribution in [0.2, 0.25) is 0 Å². The summed E-state index contributed by atoms with van der Waals surface area (Å²) in [5, 5.41) is 2.48. The fraction of sp³-hybridized carbons (Fsp3) is 0.500. The third-order valence-corrected chi connectivity index (χ3v) is 7.92. The van der Waals surface area contributed by atoms with Crippen molar-refractivity contribution >= 4 is 11.8 Å². The van der Waals surface area contributed by atoms with Gasteiger partial charge in [-0.25, -0.2) is 8.78 Å². The van der Waals surface area contributed by atoms with Gasteiger partial charge in [0.15, 0.2) is 0 Å². The minimum atomic E-state index is -4.74. The van der Waals surface area contributed by atoms with Crippen LogP contribution in [0, 0.1) is 23.0 Å². The molecule has 2 heterocycles. The van der Waals surface area contributed by atoms with Crippen LogP contribution in [0.3, 0.4) is 0 Å². The highest BCUT2D eigenvalue weighted by Crippen LogP contribution is 2.49. The normalized spacial score (nSPS) is 20.7. The summed E-state index contributed by atoms with van der Waals surface area (Å²) in [6.45, 7) is 5.99. The van der Waals surface area contributed by atoms with Gasteiger partial charge >= 0.3 is 6.18 Å². The van der Waals surface area contributed by atoms with Gasteiger partial charge in [0.1, 0.15) is 17.7 Å². The highest BCUT2D eigenvalue weighted by Gasteiger charge is 2.48. The number of benzene rings is 2. The maximum absolute atomic E-state index is 14.3. The second kappa shape index (κ2) is 10.6. The van der Waals surface area contributed by atoms with Crippen molar-refractivity contribution in [3.8, 4) is 0 Å². The Hall–Kier alpha value is -3.01. The van der Waals surface area contributed by atoms with E-state index in [2.05, 4.69) is 10.2 Å². The van der Waals surface area contributed by atoms with Crippen molar-refractivity contribution in [2.75, 3.05) is 33.2 Å². The lowest BCUT2D eigenvalue weighted by atomic mass is 9.68. The quantitative estimate of drug-likeness (QED) is 0.542. The molecule has 2 aliphatic rings. The number of halogens is 5. The van der Waals surface area contributed by atoms with Crippen LogP contribution in [0.5, 0.6) is 0 Å². The molecule has 2 aliphatic heterocycles. The summed E-state index contributed by atoms with van der Waals surface area (Å²) in [4.78, 5) is 30.2. The largest absolute Gasteiger partial charge is 0.416 e. The first-order valence-electron chi connectivity index (χ1n) is 12.7. The number of nitrogens with one attached hydrogen (secondary N) is 1. The van der Waals surface area contributed by atoms with Gasteiger partial charge in [-0.2, -0.15) is 13.2 Å². The maximum Gasteiger partial charge on any atom is 0.416 e. The molecule has 1 spiro atoms. The van der Waals surface area contributed by atoms with E-state index >= 15 is 0 Å². The molecule has 0 aromatic heterocycles. The average molecular weight is 538 g/mol. The van der Waals surface area contributed by atoms with Crippen molar-refractivity contribution in [1.29, 1.82) is 0 Å². The molecule has 2 saturated heterocycles. The van der Waals surface area contributed by atoms with E-state index in [9.17, 15) is 31.5 Å². The van der Waals surface area contributed by atoms with Gasteiger partial charge in [0.2, 0.25) is 5.91 Å². The number of piperidine rings is 1. The van der Waals surface area contributed by atoms with E-state index in [1.807, 2.05) is 19.2 Å². The summed E-state index contributed by atoms with van der Waals surface area (Å²) >= 11 is 0. The highest BCUT2D eigenvalue weighted by molar-refractivity contribution is 5.98. The number of likely N-dealkylation sites (tertiary alicyclic amines) is 2. The summed E-state index contributed by atoms with van der Waals surface area (Å²) in [5.74, 6) is -2.98. The summed E-state index contributed by atoms with van der Waals surface area (Å²) in [7, 11) is 2.04. The van der Waals surface area contributed by atoms with Crippen LogP contribution in [-0.2, 0) is 11.0 Å². The van der Waals surface area contributed by atoms with Crippen LogP contribution < -0.4 is 5.32 Å². The molecule has 10 heteroatoms. The molecule has 5 nitrogen and oxygen atoms in total. The van der Waals surface area contributed by atoms with Gasteiger partial charge in [-0.1, -0.05) is 26.0 Å². The monoisotopic (exact) mass is 537 g/mol. The van der Waals surface area contributed by atoms with E-state index in [0.717, 1.165) is 18.7 Å². The lowest BCUT2D eigenvalue weighted by molar-refractivity contribution is -0.138. The fourth-order valence-corrected chi connectivity index (χ4v) is 5.86. The molecular formula is C28H32F5N3O2. The predicted octanol–water partition coefficient (Wildman–Crippen LogP) is 5.08. The van der Waals surface area contributed by atoms with Crippen molar-refractivity contribution in [3.05, 3.63) is 70.8 Å². The van der Waals surface area contributed by atoms with Gasteiger partial charge in [0.25, 0.3) is 5.91 Å². The number of carbonyl (C=O) groups is 2.